The number of hydrogen-bond donors (Lipinski definition) is 0. The standard InChI is InChI=1S/C12H12O3/c1-7-4-8(2)11(9(3)5-7)10-6-14-12(13)15-10/h4-6H,1-3H3. The van der Waals surface area contributed by atoms with Gasteiger partial charge in [0.25, 0.3) is 0 Å². The van der Waals surface area contributed by atoms with Crippen LogP contribution in [0.5, 0.6) is 0 Å². The van der Waals surface area contributed by atoms with Gasteiger partial charge in [0.05, 0.1) is 0 Å². The van der Waals surface area contributed by atoms with Crippen LogP contribution in [0.4, 0.5) is 0 Å². The smallest absolute Gasteiger partial charge is 0.399 e. The molecule has 2 rings (SSSR count). The number of hydrogen-bond acceptors (Lipinski definition) is 3. The Kier molecular flexibility index (Phi) is 2.23. The van der Waals surface area contributed by atoms with Crippen molar-refractivity contribution in [1.82, 2.24) is 0 Å². The molecule has 0 unspecified atom stereocenters. The first kappa shape index (κ1) is 9.77. The molecule has 1 aromatic carbocycles. The first-order chi connectivity index (χ1) is 7.08. The van der Waals surface area contributed by atoms with E-state index < -0.39 is 5.82 Å². The Labute approximate surface area is 87.3 Å². The van der Waals surface area contributed by atoms with E-state index in [-0.39, 0.29) is 0 Å². The van der Waals surface area contributed by atoms with Crippen LogP contribution in [0, 0.1) is 20.8 Å². The molecule has 0 aliphatic rings. The van der Waals surface area contributed by atoms with Gasteiger partial charge in [-0.05, 0) is 31.9 Å². The molecule has 0 fully saturated rings. The third kappa shape index (κ3) is 1.73. The SMILES string of the molecule is Cc1cc(C)c(-c2coc(=O)o2)c(C)c1. The lowest BCUT2D eigenvalue weighted by atomic mass is 9.98. The summed E-state index contributed by atoms with van der Waals surface area (Å²) in [5.41, 5.74) is 4.29. The molecule has 0 bridgehead atoms. The Morgan fingerprint density at radius 2 is 1.67 bits per heavy atom. The van der Waals surface area contributed by atoms with Crippen LogP contribution in [0.1, 0.15) is 16.7 Å². The molecule has 78 valence electrons. The molecule has 0 aliphatic carbocycles. The van der Waals surface area contributed by atoms with E-state index in [1.54, 1.807) is 0 Å². The van der Waals surface area contributed by atoms with Crippen LogP contribution in [0.2, 0.25) is 0 Å². The van der Waals surface area contributed by atoms with Crippen molar-refractivity contribution in [2.45, 2.75) is 20.8 Å². The molecule has 0 spiro atoms. The van der Waals surface area contributed by atoms with Crippen LogP contribution < -0.4 is 5.82 Å². The summed E-state index contributed by atoms with van der Waals surface area (Å²) < 4.78 is 9.59. The van der Waals surface area contributed by atoms with Crippen LogP contribution in [-0.2, 0) is 0 Å². The molecule has 15 heavy (non-hydrogen) atoms. The Bertz CT molecular complexity index is 523. The maximum Gasteiger partial charge on any atom is 0.519 e. The molecule has 0 saturated heterocycles. The normalized spacial score (nSPS) is 10.6. The van der Waals surface area contributed by atoms with Crippen molar-refractivity contribution in [3.63, 3.8) is 0 Å². The Morgan fingerprint density at radius 1 is 1.07 bits per heavy atom. The Balaban J connectivity index is 2.67. The van der Waals surface area contributed by atoms with Gasteiger partial charge in [-0.1, -0.05) is 17.7 Å². The van der Waals surface area contributed by atoms with Crippen LogP contribution in [0.15, 0.2) is 32.0 Å². The largest absolute Gasteiger partial charge is 0.519 e. The second-order valence-corrected chi connectivity index (χ2v) is 3.73. The first-order valence-electron chi connectivity index (χ1n) is 4.75. The lowest BCUT2D eigenvalue weighted by Crippen LogP contribution is -1.90. The minimum Gasteiger partial charge on any atom is -0.399 e. The molecule has 3 heteroatoms. The second kappa shape index (κ2) is 3.42. The summed E-state index contributed by atoms with van der Waals surface area (Å²) in [5, 5.41) is 0. The zero-order valence-electron chi connectivity index (χ0n) is 8.96. The van der Waals surface area contributed by atoms with Crippen LogP contribution >= 0.6 is 0 Å². The van der Waals surface area contributed by atoms with Crippen LogP contribution in [-0.4, -0.2) is 0 Å². The molecule has 1 aromatic heterocycles. The van der Waals surface area contributed by atoms with E-state index in [0.29, 0.717) is 5.76 Å². The van der Waals surface area contributed by atoms with E-state index in [1.165, 1.54) is 11.8 Å². The summed E-state index contributed by atoms with van der Waals surface area (Å²) in [4.78, 5) is 10.8. The molecule has 1 heterocycles. The van der Waals surface area contributed by atoms with Crippen LogP contribution in [0.3, 0.4) is 0 Å². The van der Waals surface area contributed by atoms with Gasteiger partial charge in [0, 0.05) is 5.56 Å². The molecule has 3 nitrogen and oxygen atoms in total. The van der Waals surface area contributed by atoms with E-state index in [1.807, 2.05) is 20.8 Å². The van der Waals surface area contributed by atoms with Crippen LogP contribution in [0.25, 0.3) is 11.3 Å². The van der Waals surface area contributed by atoms with Crippen molar-refractivity contribution >= 4 is 0 Å². The van der Waals surface area contributed by atoms with Gasteiger partial charge >= 0.3 is 5.82 Å². The van der Waals surface area contributed by atoms with E-state index in [4.69, 9.17) is 4.42 Å². The summed E-state index contributed by atoms with van der Waals surface area (Å²) in [6, 6.07) is 4.10. The van der Waals surface area contributed by atoms with Gasteiger partial charge in [0.1, 0.15) is 6.26 Å². The molecule has 2 aromatic rings. The lowest BCUT2D eigenvalue weighted by molar-refractivity contribution is 0.389. The molecule has 0 amide bonds. The van der Waals surface area contributed by atoms with Crippen molar-refractivity contribution in [3.05, 3.63) is 45.7 Å². The fourth-order valence-electron chi connectivity index (χ4n) is 1.92. The van der Waals surface area contributed by atoms with E-state index in [0.717, 1.165) is 16.7 Å². The number of rotatable bonds is 1. The minimum absolute atomic E-state index is 0.495. The molecule has 0 N–H and O–H groups in total. The third-order valence-electron chi connectivity index (χ3n) is 2.38. The summed E-state index contributed by atoms with van der Waals surface area (Å²) in [7, 11) is 0. The zero-order valence-corrected chi connectivity index (χ0v) is 8.96. The van der Waals surface area contributed by atoms with Gasteiger partial charge in [0.15, 0.2) is 5.76 Å². The quantitative estimate of drug-likeness (QED) is 0.717. The second-order valence-electron chi connectivity index (χ2n) is 3.73. The zero-order chi connectivity index (χ0) is 11.0. The summed E-state index contributed by atoms with van der Waals surface area (Å²) >= 11 is 0. The van der Waals surface area contributed by atoms with Crippen molar-refractivity contribution < 1.29 is 8.83 Å². The molecule has 0 radical (unpaired) electrons. The minimum atomic E-state index is -0.663. The monoisotopic (exact) mass is 204 g/mol. The molecular formula is C12H12O3. The molecule has 0 atom stereocenters. The summed E-state index contributed by atoms with van der Waals surface area (Å²) in [6.07, 6.45) is 1.35. The van der Waals surface area contributed by atoms with Gasteiger partial charge in [-0.2, -0.15) is 0 Å². The van der Waals surface area contributed by atoms with Gasteiger partial charge in [0.2, 0.25) is 0 Å². The van der Waals surface area contributed by atoms with Crippen molar-refractivity contribution in [2.24, 2.45) is 0 Å². The van der Waals surface area contributed by atoms with Gasteiger partial charge in [-0.25, -0.2) is 4.79 Å². The van der Waals surface area contributed by atoms with Crippen molar-refractivity contribution in [1.29, 1.82) is 0 Å². The highest BCUT2D eigenvalue weighted by Crippen LogP contribution is 2.27. The fourth-order valence-corrected chi connectivity index (χ4v) is 1.92. The van der Waals surface area contributed by atoms with Gasteiger partial charge in [-0.3, -0.25) is 0 Å². The molecule has 0 saturated carbocycles. The number of benzene rings is 1. The van der Waals surface area contributed by atoms with E-state index in [9.17, 15) is 4.79 Å². The van der Waals surface area contributed by atoms with Gasteiger partial charge < -0.3 is 8.83 Å². The lowest BCUT2D eigenvalue weighted by Gasteiger charge is -2.07. The topological polar surface area (TPSA) is 43.4 Å². The predicted octanol–water partition coefficient (Wildman–Crippen LogP) is 2.83. The Hall–Kier alpha value is -1.77. The molecular weight excluding hydrogens is 192 g/mol. The summed E-state index contributed by atoms with van der Waals surface area (Å²) in [6.45, 7) is 6.01. The third-order valence-corrected chi connectivity index (χ3v) is 2.38. The Morgan fingerprint density at radius 3 is 2.13 bits per heavy atom. The molecule has 0 aliphatic heterocycles. The summed E-state index contributed by atoms with van der Waals surface area (Å²) in [5.74, 6) is -0.167. The van der Waals surface area contributed by atoms with Crippen molar-refractivity contribution in [3.8, 4) is 11.3 Å². The maximum absolute atomic E-state index is 10.8. The average molecular weight is 204 g/mol. The predicted molar refractivity (Wildman–Crippen MR) is 56.9 cm³/mol. The average Bonchev–Trinajstić information content (AvgIpc) is 2.49. The van der Waals surface area contributed by atoms with Gasteiger partial charge in [-0.15, -0.1) is 0 Å². The highest BCUT2D eigenvalue weighted by atomic mass is 16.6. The van der Waals surface area contributed by atoms with Crippen molar-refractivity contribution in [2.75, 3.05) is 0 Å². The van der Waals surface area contributed by atoms with E-state index >= 15 is 0 Å². The highest BCUT2D eigenvalue weighted by molar-refractivity contribution is 5.65. The van der Waals surface area contributed by atoms with E-state index in [2.05, 4.69) is 16.5 Å². The number of aryl methyl sites for hydroxylation is 3. The fraction of sp³-hybridized carbons (Fsp3) is 0.250. The maximum atomic E-state index is 10.8. The first-order valence-corrected chi connectivity index (χ1v) is 4.75. The highest BCUT2D eigenvalue weighted by Gasteiger charge is 2.11.